The Labute approximate surface area is 356 Å². The number of thioether (sulfide) groups is 1. The first kappa shape index (κ1) is 50.9. The number of imidazole rings is 1. The average Bonchev–Trinajstić information content (AvgIpc) is 3.74. The van der Waals surface area contributed by atoms with Crippen LogP contribution < -0.4 is 16.4 Å². The number of ether oxygens (including phenoxy) is 1. The van der Waals surface area contributed by atoms with Crippen molar-refractivity contribution in [3.8, 4) is 0 Å². The number of anilines is 1. The van der Waals surface area contributed by atoms with E-state index < -0.39 is 96.4 Å². The molecule has 8 unspecified atom stereocenters. The molecular weight excluding hydrogens is 911 g/mol. The van der Waals surface area contributed by atoms with E-state index in [0.29, 0.717) is 0 Å². The van der Waals surface area contributed by atoms with Gasteiger partial charge in [0, 0.05) is 37.1 Å². The van der Waals surface area contributed by atoms with Crippen LogP contribution in [-0.2, 0) is 61.9 Å². The number of aromatic nitrogens is 4. The van der Waals surface area contributed by atoms with E-state index in [1.54, 1.807) is 30.3 Å². The molecule has 0 saturated carbocycles. The van der Waals surface area contributed by atoms with Crippen LogP contribution in [0.1, 0.15) is 38.5 Å². The lowest BCUT2D eigenvalue weighted by Gasteiger charge is -2.30. The number of carbonyl (C=O) groups is 4. The first-order valence-electron chi connectivity index (χ1n) is 18.2. The maximum Gasteiger partial charge on any atom is 0.481 e. The van der Waals surface area contributed by atoms with Crippen molar-refractivity contribution in [1.29, 1.82) is 0 Å². The van der Waals surface area contributed by atoms with Gasteiger partial charge in [-0.25, -0.2) is 28.6 Å². The quantitative estimate of drug-likeness (QED) is 0.0417. The van der Waals surface area contributed by atoms with Crippen LogP contribution in [0.2, 0.25) is 0 Å². The summed E-state index contributed by atoms with van der Waals surface area (Å²) in [5, 5.41) is 35.5. The molecule has 3 aromatic rings. The number of phosphoric acid groups is 3. The minimum atomic E-state index is -5.60. The second kappa shape index (κ2) is 21.8. The summed E-state index contributed by atoms with van der Waals surface area (Å²) >= 11 is 0.863. The molecular formula is C32H46N7O19P3S. The summed E-state index contributed by atoms with van der Waals surface area (Å²) in [6, 6.07) is 8.85. The number of nitrogens with two attached hydrogens (primary N) is 1. The molecule has 8 atom stereocenters. The Morgan fingerprint density at radius 1 is 1.00 bits per heavy atom. The van der Waals surface area contributed by atoms with Crippen molar-refractivity contribution in [2.24, 2.45) is 11.3 Å². The van der Waals surface area contributed by atoms with Gasteiger partial charge in [-0.15, -0.1) is 0 Å². The van der Waals surface area contributed by atoms with Gasteiger partial charge in [-0.3, -0.25) is 37.3 Å². The van der Waals surface area contributed by atoms with Gasteiger partial charge in [0.15, 0.2) is 22.8 Å². The maximum absolute atomic E-state index is 12.7. The maximum atomic E-state index is 12.7. The normalized spacial score (nSPS) is 21.1. The molecule has 0 spiro atoms. The highest BCUT2D eigenvalue weighted by molar-refractivity contribution is 8.13. The molecule has 62 heavy (non-hydrogen) atoms. The van der Waals surface area contributed by atoms with Gasteiger partial charge in [0.2, 0.25) is 11.8 Å². The minimum Gasteiger partial charge on any atom is -0.481 e. The number of aliphatic hydroxyl groups excluding tert-OH is 2. The summed E-state index contributed by atoms with van der Waals surface area (Å²) in [5.41, 5.74) is 4.97. The van der Waals surface area contributed by atoms with Gasteiger partial charge in [0.25, 0.3) is 0 Å². The Balaban J connectivity index is 1.19. The largest absolute Gasteiger partial charge is 0.481 e. The highest BCUT2D eigenvalue weighted by Gasteiger charge is 2.50. The van der Waals surface area contributed by atoms with E-state index >= 15 is 0 Å². The van der Waals surface area contributed by atoms with E-state index in [1.807, 2.05) is 0 Å². The van der Waals surface area contributed by atoms with Crippen molar-refractivity contribution in [2.45, 2.75) is 63.8 Å². The van der Waals surface area contributed by atoms with Crippen LogP contribution in [0.5, 0.6) is 0 Å². The molecule has 0 bridgehead atoms. The van der Waals surface area contributed by atoms with E-state index in [1.165, 1.54) is 13.8 Å². The standard InChI is InChI=1S/C32H46N7O19P3S/c1-32(2,26(43)29(44)35-9-8-21(40)34-10-11-62-22(41)13-19(31(45)46)12-18-6-4-3-5-7-18)15-55-61(52,53)58-60(50,51)54-14-20-25(57-59(47,48)49)24(42)30(56-20)39-17-38-23-27(33)36-16-37-28(23)39/h3-7,16-17,19-20,24-26,30,42-43H,8-15H2,1-2H3,(H,34,40)(H,35,44)(H,45,46)(H,50,51)(H,52,53)(H2,33,36,37)(H2,47,48,49). The number of benzene rings is 1. The number of phosphoric ester groups is 3. The van der Waals surface area contributed by atoms with E-state index in [-0.39, 0.29) is 60.2 Å². The van der Waals surface area contributed by atoms with Gasteiger partial charge in [0.1, 0.15) is 36.3 Å². The van der Waals surface area contributed by atoms with E-state index in [9.17, 15) is 67.8 Å². The van der Waals surface area contributed by atoms with Gasteiger partial charge >= 0.3 is 29.4 Å². The van der Waals surface area contributed by atoms with Crippen LogP contribution in [0, 0.1) is 11.3 Å². The molecule has 3 heterocycles. The molecule has 1 aliphatic rings. The van der Waals surface area contributed by atoms with Crippen molar-refractivity contribution >= 4 is 75.1 Å². The Bertz CT molecular complexity index is 2200. The number of fused-ring (bicyclic) bond motifs is 1. The van der Waals surface area contributed by atoms with Crippen LogP contribution in [-0.4, -0.2) is 134 Å². The number of nitrogens with zero attached hydrogens (tertiary/aromatic N) is 4. The summed E-state index contributed by atoms with van der Waals surface area (Å²) in [6.07, 6.45) is -7.15. The third-order valence-corrected chi connectivity index (χ3v) is 12.8. The number of carboxylic acid groups (broad SMARTS) is 1. The number of nitrogens with one attached hydrogen (secondary N) is 2. The molecule has 1 aliphatic heterocycles. The molecule has 0 aliphatic carbocycles. The van der Waals surface area contributed by atoms with Crippen molar-refractivity contribution in [3.63, 3.8) is 0 Å². The second-order valence-electron chi connectivity index (χ2n) is 14.2. The van der Waals surface area contributed by atoms with Gasteiger partial charge in [-0.05, 0) is 12.0 Å². The number of nitrogen functional groups attached to an aromatic ring is 1. The summed E-state index contributed by atoms with van der Waals surface area (Å²) in [5.74, 6) is -3.46. The fraction of sp³-hybridized carbons (Fsp3) is 0.531. The van der Waals surface area contributed by atoms with Crippen molar-refractivity contribution in [1.82, 2.24) is 30.2 Å². The number of amides is 2. The molecule has 1 fully saturated rings. The molecule has 1 aromatic carbocycles. The Morgan fingerprint density at radius 3 is 2.34 bits per heavy atom. The fourth-order valence-corrected chi connectivity index (χ4v) is 9.28. The summed E-state index contributed by atoms with van der Waals surface area (Å²) in [4.78, 5) is 99.9. The van der Waals surface area contributed by atoms with Crippen molar-refractivity contribution in [3.05, 3.63) is 48.5 Å². The molecule has 30 heteroatoms. The number of rotatable bonds is 24. The number of aliphatic hydroxyl groups is 2. The molecule has 344 valence electrons. The Morgan fingerprint density at radius 2 is 1.68 bits per heavy atom. The lowest BCUT2D eigenvalue weighted by atomic mass is 9.87. The van der Waals surface area contributed by atoms with Crippen molar-refractivity contribution < 1.29 is 90.4 Å². The van der Waals surface area contributed by atoms with Gasteiger partial charge in [-0.1, -0.05) is 55.9 Å². The molecule has 26 nitrogen and oxygen atoms in total. The zero-order valence-electron chi connectivity index (χ0n) is 32.8. The Kier molecular flexibility index (Phi) is 17.9. The van der Waals surface area contributed by atoms with Gasteiger partial charge < -0.3 is 56.0 Å². The summed E-state index contributed by atoms with van der Waals surface area (Å²) < 4.78 is 62.2. The van der Waals surface area contributed by atoms with Crippen molar-refractivity contribution in [2.75, 3.05) is 37.8 Å². The highest BCUT2D eigenvalue weighted by atomic mass is 32.2. The number of carbonyl (C=O) groups excluding carboxylic acids is 3. The number of carboxylic acids is 1. The first-order chi connectivity index (χ1) is 28.9. The molecule has 2 aromatic heterocycles. The van der Waals surface area contributed by atoms with Crippen LogP contribution in [0.3, 0.4) is 0 Å². The fourth-order valence-electron chi connectivity index (χ4n) is 5.70. The van der Waals surface area contributed by atoms with Crippen LogP contribution in [0.25, 0.3) is 11.2 Å². The van der Waals surface area contributed by atoms with E-state index in [0.717, 1.165) is 34.5 Å². The lowest BCUT2D eigenvalue weighted by molar-refractivity contribution is -0.143. The summed E-state index contributed by atoms with van der Waals surface area (Å²) in [7, 11) is -16.5. The SMILES string of the molecule is CC(C)(COP(=O)(O)OP(=O)(O)OCC1OC(n2cnc3c(N)ncnc32)C(O)C1OP(=O)(O)O)C(O)C(=O)NCCC(=O)NCCSC(=O)CC(Cc1ccccc1)C(=O)O. The molecule has 11 N–H and O–H groups in total. The number of hydrogen-bond donors (Lipinski definition) is 10. The zero-order chi connectivity index (χ0) is 46.0. The minimum absolute atomic E-state index is 0.0183. The topological polar surface area (TPSA) is 401 Å². The van der Waals surface area contributed by atoms with Gasteiger partial charge in [0.05, 0.1) is 25.5 Å². The zero-order valence-corrected chi connectivity index (χ0v) is 36.3. The number of aliphatic carboxylic acids is 1. The average molecular weight is 958 g/mol. The smallest absolute Gasteiger partial charge is 0.481 e. The molecule has 1 saturated heterocycles. The van der Waals surface area contributed by atoms with Crippen LogP contribution >= 0.6 is 35.2 Å². The molecule has 2 amide bonds. The molecule has 0 radical (unpaired) electrons. The van der Waals surface area contributed by atoms with E-state index in [2.05, 4.69) is 34.4 Å². The van der Waals surface area contributed by atoms with Crippen LogP contribution in [0.4, 0.5) is 5.82 Å². The second-order valence-corrected chi connectivity index (χ2v) is 19.6. The number of hydrogen-bond acceptors (Lipinski definition) is 19. The monoisotopic (exact) mass is 957 g/mol. The predicted molar refractivity (Wildman–Crippen MR) is 213 cm³/mol. The van der Waals surface area contributed by atoms with Crippen LogP contribution in [0.15, 0.2) is 43.0 Å². The lowest BCUT2D eigenvalue weighted by Crippen LogP contribution is -2.46. The predicted octanol–water partition coefficient (Wildman–Crippen LogP) is -0.00170. The third kappa shape index (κ3) is 15.2. The highest BCUT2D eigenvalue weighted by Crippen LogP contribution is 2.61. The third-order valence-electron chi connectivity index (χ3n) is 8.85. The Hall–Kier alpha value is -3.75. The van der Waals surface area contributed by atoms with Gasteiger partial charge in [-0.2, -0.15) is 4.31 Å². The first-order valence-corrected chi connectivity index (χ1v) is 23.7. The van der Waals surface area contributed by atoms with E-state index in [4.69, 9.17) is 19.5 Å². The molecule has 4 rings (SSSR count). The summed E-state index contributed by atoms with van der Waals surface area (Å²) in [6.45, 7) is 0.172.